The number of halogens is 4. The van der Waals surface area contributed by atoms with Crippen molar-refractivity contribution in [3.05, 3.63) is 64.3 Å². The number of benzene rings is 1. The van der Waals surface area contributed by atoms with Crippen LogP contribution < -0.4 is 15.8 Å². The Morgan fingerprint density at radius 2 is 1.70 bits per heavy atom. The fourth-order valence-corrected chi connectivity index (χ4v) is 3.32. The van der Waals surface area contributed by atoms with Crippen LogP contribution in [0.4, 0.5) is 23.2 Å². The predicted molar refractivity (Wildman–Crippen MR) is 104 cm³/mol. The lowest BCUT2D eigenvalue weighted by atomic mass is 10.2. The molecule has 1 aliphatic heterocycles. The first-order chi connectivity index (χ1) is 14.2. The second-order valence-electron chi connectivity index (χ2n) is 7.01. The molecule has 0 saturated carbocycles. The first-order valence-corrected chi connectivity index (χ1v) is 9.50. The molecule has 6 nitrogen and oxygen atoms in total. The van der Waals surface area contributed by atoms with Crippen molar-refractivity contribution in [3.63, 3.8) is 0 Å². The Labute approximate surface area is 170 Å². The molecule has 0 atom stereocenters. The predicted octanol–water partition coefficient (Wildman–Crippen LogP) is 1.94. The van der Waals surface area contributed by atoms with Gasteiger partial charge in [0, 0.05) is 51.2 Å². The van der Waals surface area contributed by atoms with E-state index in [1.165, 1.54) is 12.1 Å². The van der Waals surface area contributed by atoms with E-state index in [2.05, 4.69) is 15.1 Å². The molecular formula is C20H22F4N4O2. The van der Waals surface area contributed by atoms with Gasteiger partial charge in [-0.2, -0.15) is 13.2 Å². The minimum Gasteiger partial charge on any atom is -0.369 e. The fraction of sp³-hybridized carbons (Fsp3) is 0.400. The van der Waals surface area contributed by atoms with Gasteiger partial charge in [0.15, 0.2) is 0 Å². The zero-order valence-electron chi connectivity index (χ0n) is 16.2. The van der Waals surface area contributed by atoms with E-state index >= 15 is 0 Å². The van der Waals surface area contributed by atoms with Crippen LogP contribution in [0.2, 0.25) is 0 Å². The van der Waals surface area contributed by atoms with Crippen LogP contribution in [0.3, 0.4) is 0 Å². The topological polar surface area (TPSA) is 57.6 Å². The third-order valence-corrected chi connectivity index (χ3v) is 4.95. The smallest absolute Gasteiger partial charge is 0.369 e. The molecule has 0 radical (unpaired) electrons. The van der Waals surface area contributed by atoms with Crippen LogP contribution in [0.1, 0.15) is 5.56 Å². The first-order valence-electron chi connectivity index (χ1n) is 9.50. The molecule has 1 fully saturated rings. The summed E-state index contributed by atoms with van der Waals surface area (Å²) in [6, 6.07) is 8.11. The van der Waals surface area contributed by atoms with Crippen LogP contribution in [0.15, 0.2) is 47.4 Å². The maximum Gasteiger partial charge on any atom is 0.421 e. The van der Waals surface area contributed by atoms with Crippen molar-refractivity contribution in [1.82, 2.24) is 14.8 Å². The summed E-state index contributed by atoms with van der Waals surface area (Å²) in [7, 11) is 0. The molecule has 1 saturated heterocycles. The van der Waals surface area contributed by atoms with Gasteiger partial charge in [-0.1, -0.05) is 0 Å². The minimum atomic E-state index is -4.76. The zero-order chi connectivity index (χ0) is 21.7. The highest BCUT2D eigenvalue weighted by Gasteiger charge is 2.34. The van der Waals surface area contributed by atoms with Crippen LogP contribution in [0, 0.1) is 5.82 Å². The number of carbonyl (C=O) groups is 1. The number of nitrogens with zero attached hydrogens (tertiary/aromatic N) is 3. The highest BCUT2D eigenvalue weighted by Crippen LogP contribution is 2.25. The zero-order valence-corrected chi connectivity index (χ0v) is 16.2. The van der Waals surface area contributed by atoms with Gasteiger partial charge in [-0.15, -0.1) is 0 Å². The Balaban J connectivity index is 1.43. The van der Waals surface area contributed by atoms with Crippen LogP contribution >= 0.6 is 0 Å². The lowest BCUT2D eigenvalue weighted by Gasteiger charge is -2.36. The molecule has 0 spiro atoms. The van der Waals surface area contributed by atoms with Gasteiger partial charge >= 0.3 is 6.18 Å². The fourth-order valence-electron chi connectivity index (χ4n) is 3.32. The van der Waals surface area contributed by atoms with Crippen LogP contribution in [-0.2, 0) is 17.5 Å². The molecule has 0 bridgehead atoms. The third kappa shape index (κ3) is 5.59. The first kappa shape index (κ1) is 21.8. The Kier molecular flexibility index (Phi) is 6.76. The number of hydrogen-bond acceptors (Lipinski definition) is 4. The maximum atomic E-state index is 13.0. The highest BCUT2D eigenvalue weighted by atomic mass is 19.4. The molecule has 2 aromatic rings. The average molecular weight is 426 g/mol. The largest absolute Gasteiger partial charge is 0.421 e. The van der Waals surface area contributed by atoms with E-state index < -0.39 is 29.8 Å². The van der Waals surface area contributed by atoms with Crippen molar-refractivity contribution in [3.8, 4) is 0 Å². The molecule has 1 N–H and O–H groups in total. The van der Waals surface area contributed by atoms with E-state index in [9.17, 15) is 27.2 Å². The summed E-state index contributed by atoms with van der Waals surface area (Å²) in [5.74, 6) is -0.804. The Bertz CT molecular complexity index is 920. The van der Waals surface area contributed by atoms with Gasteiger partial charge in [-0.05, 0) is 36.4 Å². The number of aromatic nitrogens is 1. The molecule has 2 heterocycles. The molecule has 1 aromatic carbocycles. The third-order valence-electron chi connectivity index (χ3n) is 4.95. The van der Waals surface area contributed by atoms with Crippen molar-refractivity contribution in [2.45, 2.75) is 12.7 Å². The number of alkyl halides is 3. The quantitative estimate of drug-likeness (QED) is 0.718. The SMILES string of the molecule is O=C(Cn1cccc(C(F)(F)F)c1=O)NCCN1CCN(c2ccc(F)cc2)CC1. The molecule has 1 aliphatic rings. The Hall–Kier alpha value is -2.88. The number of piperazine rings is 1. The van der Waals surface area contributed by atoms with Crippen LogP contribution in [-0.4, -0.2) is 54.6 Å². The summed E-state index contributed by atoms with van der Waals surface area (Å²) in [5, 5.41) is 2.64. The van der Waals surface area contributed by atoms with Crippen LogP contribution in [0.25, 0.3) is 0 Å². The molecule has 162 valence electrons. The molecule has 0 unspecified atom stereocenters. The molecule has 1 amide bonds. The number of anilines is 1. The van der Waals surface area contributed by atoms with Gasteiger partial charge in [0.25, 0.3) is 5.56 Å². The van der Waals surface area contributed by atoms with E-state index in [1.807, 2.05) is 0 Å². The Morgan fingerprint density at radius 1 is 1.03 bits per heavy atom. The number of nitrogens with one attached hydrogen (secondary N) is 1. The second kappa shape index (κ2) is 9.29. The van der Waals surface area contributed by atoms with Gasteiger partial charge in [0.2, 0.25) is 5.91 Å². The summed E-state index contributed by atoms with van der Waals surface area (Å²) in [6.07, 6.45) is -3.60. The minimum absolute atomic E-state index is 0.277. The molecule has 10 heteroatoms. The maximum absolute atomic E-state index is 13.0. The van der Waals surface area contributed by atoms with Gasteiger partial charge in [-0.3, -0.25) is 14.5 Å². The highest BCUT2D eigenvalue weighted by molar-refractivity contribution is 5.75. The average Bonchev–Trinajstić information content (AvgIpc) is 2.70. The van der Waals surface area contributed by atoms with E-state index in [0.717, 1.165) is 48.7 Å². The molecular weight excluding hydrogens is 404 g/mol. The normalized spacial score (nSPS) is 15.3. The standard InChI is InChI=1S/C20H22F4N4O2/c21-15-3-5-16(6-4-15)27-12-10-26(11-13-27)9-7-25-18(29)14-28-8-1-2-17(19(28)30)20(22,23)24/h1-6,8H,7,9-14H2,(H,25,29). The van der Waals surface area contributed by atoms with Crippen LogP contribution in [0.5, 0.6) is 0 Å². The van der Waals surface area contributed by atoms with E-state index in [1.54, 1.807) is 12.1 Å². The van der Waals surface area contributed by atoms with E-state index in [-0.39, 0.29) is 5.82 Å². The number of rotatable bonds is 6. The van der Waals surface area contributed by atoms with Gasteiger partial charge in [-0.25, -0.2) is 4.39 Å². The van der Waals surface area contributed by atoms with Gasteiger partial charge in [0.05, 0.1) is 0 Å². The summed E-state index contributed by atoms with van der Waals surface area (Å²) in [5.41, 5.74) is -1.58. The lowest BCUT2D eigenvalue weighted by molar-refractivity contribution is -0.139. The molecule has 30 heavy (non-hydrogen) atoms. The summed E-state index contributed by atoms with van der Waals surface area (Å²) in [6.45, 7) is 3.49. The number of hydrogen-bond donors (Lipinski definition) is 1. The number of carbonyl (C=O) groups excluding carboxylic acids is 1. The van der Waals surface area contributed by atoms with Crippen molar-refractivity contribution in [2.75, 3.05) is 44.2 Å². The molecule has 0 aliphatic carbocycles. The monoisotopic (exact) mass is 426 g/mol. The van der Waals surface area contributed by atoms with E-state index in [0.29, 0.717) is 19.2 Å². The number of amides is 1. The Morgan fingerprint density at radius 3 is 2.33 bits per heavy atom. The molecule has 3 rings (SSSR count). The van der Waals surface area contributed by atoms with Crippen molar-refractivity contribution < 1.29 is 22.4 Å². The van der Waals surface area contributed by atoms with Crippen molar-refractivity contribution >= 4 is 11.6 Å². The second-order valence-corrected chi connectivity index (χ2v) is 7.01. The van der Waals surface area contributed by atoms with Gasteiger partial charge in [0.1, 0.15) is 17.9 Å². The summed E-state index contributed by atoms with van der Waals surface area (Å²) in [4.78, 5) is 28.2. The van der Waals surface area contributed by atoms with Crippen molar-refractivity contribution in [2.24, 2.45) is 0 Å². The lowest BCUT2D eigenvalue weighted by Crippen LogP contribution is -2.48. The summed E-state index contributed by atoms with van der Waals surface area (Å²) >= 11 is 0. The number of pyridine rings is 1. The van der Waals surface area contributed by atoms with E-state index in [4.69, 9.17) is 0 Å². The van der Waals surface area contributed by atoms with Crippen molar-refractivity contribution in [1.29, 1.82) is 0 Å². The van der Waals surface area contributed by atoms with Gasteiger partial charge < -0.3 is 14.8 Å². The summed E-state index contributed by atoms with van der Waals surface area (Å²) < 4.78 is 52.1. The molecule has 1 aromatic heterocycles.